The van der Waals surface area contributed by atoms with Crippen LogP contribution in [-0.4, -0.2) is 36.3 Å². The van der Waals surface area contributed by atoms with Crippen molar-refractivity contribution in [1.82, 2.24) is 5.06 Å². The van der Waals surface area contributed by atoms with Crippen molar-refractivity contribution in [3.8, 4) is 0 Å². The molecular weight excluding hydrogens is 263 g/mol. The molecule has 0 aliphatic heterocycles. The van der Waals surface area contributed by atoms with E-state index in [1.807, 2.05) is 0 Å². The molecule has 0 aromatic heterocycles. The van der Waals surface area contributed by atoms with Gasteiger partial charge >= 0.3 is 0 Å². The van der Waals surface area contributed by atoms with Crippen LogP contribution in [0.2, 0.25) is 0 Å². The number of hydrogen-bond donors (Lipinski definition) is 2. The highest BCUT2D eigenvalue weighted by molar-refractivity contribution is 5.85. The molecular formula is C11H16ClFN2O3. The van der Waals surface area contributed by atoms with Gasteiger partial charge in [-0.05, 0) is 17.7 Å². The van der Waals surface area contributed by atoms with Gasteiger partial charge in [-0.1, -0.05) is 12.1 Å². The third kappa shape index (κ3) is 3.92. The van der Waals surface area contributed by atoms with Gasteiger partial charge in [-0.2, -0.15) is 0 Å². The molecule has 0 spiro atoms. The summed E-state index contributed by atoms with van der Waals surface area (Å²) in [5.74, 6) is -0.987. The number of hydroxylamine groups is 2. The minimum absolute atomic E-state index is 0. The van der Waals surface area contributed by atoms with Gasteiger partial charge in [0.25, 0.3) is 5.91 Å². The Bertz CT molecular complexity index is 388. The van der Waals surface area contributed by atoms with Crippen molar-refractivity contribution in [3.63, 3.8) is 0 Å². The Kier molecular flexibility index (Phi) is 6.79. The van der Waals surface area contributed by atoms with E-state index in [0.29, 0.717) is 5.56 Å². The summed E-state index contributed by atoms with van der Waals surface area (Å²) in [6, 6.07) is 3.97. The lowest BCUT2D eigenvalue weighted by Gasteiger charge is -2.22. The molecule has 2 atom stereocenters. The monoisotopic (exact) mass is 278 g/mol. The van der Waals surface area contributed by atoms with Crippen LogP contribution in [0.5, 0.6) is 0 Å². The molecule has 1 amide bonds. The first-order valence-electron chi connectivity index (χ1n) is 4.98. The number of aliphatic hydroxyl groups excluding tert-OH is 1. The fourth-order valence-electron chi connectivity index (χ4n) is 1.30. The molecule has 0 aliphatic rings. The predicted octanol–water partition coefficient (Wildman–Crippen LogP) is 0.628. The molecule has 5 nitrogen and oxygen atoms in total. The molecule has 0 fully saturated rings. The maximum absolute atomic E-state index is 12.7. The van der Waals surface area contributed by atoms with Gasteiger partial charge in [0.2, 0.25) is 0 Å². The van der Waals surface area contributed by atoms with Gasteiger partial charge in [0.05, 0.1) is 7.11 Å². The van der Waals surface area contributed by atoms with E-state index in [1.165, 1.54) is 38.4 Å². The van der Waals surface area contributed by atoms with Crippen LogP contribution in [0.4, 0.5) is 4.39 Å². The third-order valence-corrected chi connectivity index (χ3v) is 2.42. The summed E-state index contributed by atoms with van der Waals surface area (Å²) < 4.78 is 12.7. The Morgan fingerprint density at radius 3 is 2.39 bits per heavy atom. The SMILES string of the molecule is CON(C)C(=O)[C@H](N)[C@@H](O)c1ccc(F)cc1.Cl. The maximum atomic E-state index is 12.7. The smallest absolute Gasteiger partial charge is 0.265 e. The molecule has 0 radical (unpaired) electrons. The number of hydrogen-bond acceptors (Lipinski definition) is 4. The molecule has 0 aliphatic carbocycles. The molecule has 1 aromatic rings. The van der Waals surface area contributed by atoms with E-state index in [2.05, 4.69) is 4.84 Å². The van der Waals surface area contributed by atoms with E-state index in [0.717, 1.165) is 5.06 Å². The van der Waals surface area contributed by atoms with Crippen molar-refractivity contribution < 1.29 is 19.1 Å². The second-order valence-electron chi connectivity index (χ2n) is 3.54. The zero-order valence-electron chi connectivity index (χ0n) is 10.0. The molecule has 1 aromatic carbocycles. The van der Waals surface area contributed by atoms with Crippen molar-refractivity contribution in [2.24, 2.45) is 5.73 Å². The quantitative estimate of drug-likeness (QED) is 0.792. The van der Waals surface area contributed by atoms with Crippen LogP contribution in [0, 0.1) is 5.82 Å². The molecule has 0 saturated heterocycles. The zero-order chi connectivity index (χ0) is 13.0. The molecule has 0 unspecified atom stereocenters. The number of amides is 1. The van der Waals surface area contributed by atoms with Crippen LogP contribution in [0.25, 0.3) is 0 Å². The van der Waals surface area contributed by atoms with Crippen LogP contribution < -0.4 is 5.73 Å². The number of benzene rings is 1. The number of carbonyl (C=O) groups excluding carboxylic acids is 1. The topological polar surface area (TPSA) is 75.8 Å². The van der Waals surface area contributed by atoms with Gasteiger partial charge < -0.3 is 10.8 Å². The molecule has 18 heavy (non-hydrogen) atoms. The standard InChI is InChI=1S/C11H15FN2O3.ClH/c1-14(17-2)11(16)9(13)10(15)7-3-5-8(12)6-4-7;/h3-6,9-10,15H,13H2,1-2H3;1H/t9-,10+;/m1./s1. The summed E-state index contributed by atoms with van der Waals surface area (Å²) in [6.07, 6.45) is -1.21. The Morgan fingerprint density at radius 1 is 1.44 bits per heavy atom. The first kappa shape index (κ1) is 16.8. The van der Waals surface area contributed by atoms with Crippen LogP contribution in [0.1, 0.15) is 11.7 Å². The van der Waals surface area contributed by atoms with E-state index in [-0.39, 0.29) is 12.4 Å². The summed E-state index contributed by atoms with van der Waals surface area (Å²) in [5, 5.41) is 10.8. The number of nitrogens with two attached hydrogens (primary N) is 1. The fourth-order valence-corrected chi connectivity index (χ4v) is 1.30. The van der Waals surface area contributed by atoms with Crippen molar-refractivity contribution in [2.45, 2.75) is 12.1 Å². The summed E-state index contributed by atoms with van der Waals surface area (Å²) in [6.45, 7) is 0. The van der Waals surface area contributed by atoms with E-state index >= 15 is 0 Å². The molecule has 7 heteroatoms. The Morgan fingerprint density at radius 2 is 1.94 bits per heavy atom. The summed E-state index contributed by atoms with van der Waals surface area (Å²) >= 11 is 0. The van der Waals surface area contributed by atoms with Crippen LogP contribution in [-0.2, 0) is 9.63 Å². The second-order valence-corrected chi connectivity index (χ2v) is 3.54. The van der Waals surface area contributed by atoms with Gasteiger partial charge in [-0.3, -0.25) is 9.63 Å². The van der Waals surface area contributed by atoms with Crippen molar-refractivity contribution >= 4 is 18.3 Å². The maximum Gasteiger partial charge on any atom is 0.265 e. The lowest BCUT2D eigenvalue weighted by atomic mass is 10.0. The van der Waals surface area contributed by atoms with Crippen LogP contribution in [0.3, 0.4) is 0 Å². The summed E-state index contributed by atoms with van der Waals surface area (Å²) in [5.41, 5.74) is 5.96. The second kappa shape index (κ2) is 7.27. The highest BCUT2D eigenvalue weighted by Crippen LogP contribution is 2.17. The van der Waals surface area contributed by atoms with Gasteiger partial charge in [0.1, 0.15) is 18.0 Å². The average molecular weight is 279 g/mol. The molecule has 0 heterocycles. The number of carbonyl (C=O) groups is 1. The van der Waals surface area contributed by atoms with Gasteiger partial charge in [-0.15, -0.1) is 12.4 Å². The summed E-state index contributed by atoms with van der Waals surface area (Å²) in [4.78, 5) is 16.3. The van der Waals surface area contributed by atoms with Gasteiger partial charge in [0, 0.05) is 7.05 Å². The number of nitrogens with zero attached hydrogens (tertiary/aromatic N) is 1. The van der Waals surface area contributed by atoms with E-state index in [9.17, 15) is 14.3 Å². The van der Waals surface area contributed by atoms with Gasteiger partial charge in [0.15, 0.2) is 0 Å². The minimum Gasteiger partial charge on any atom is -0.386 e. The lowest BCUT2D eigenvalue weighted by Crippen LogP contribution is -2.45. The van der Waals surface area contributed by atoms with E-state index < -0.39 is 23.9 Å². The normalized spacial score (nSPS) is 13.4. The molecule has 0 saturated carbocycles. The number of halogens is 2. The highest BCUT2D eigenvalue weighted by Gasteiger charge is 2.26. The Labute approximate surface area is 111 Å². The molecule has 102 valence electrons. The van der Waals surface area contributed by atoms with E-state index in [4.69, 9.17) is 5.73 Å². The summed E-state index contributed by atoms with van der Waals surface area (Å²) in [7, 11) is 2.70. The first-order valence-corrected chi connectivity index (χ1v) is 4.98. The number of aliphatic hydroxyl groups is 1. The highest BCUT2D eigenvalue weighted by atomic mass is 35.5. The lowest BCUT2D eigenvalue weighted by molar-refractivity contribution is -0.172. The molecule has 3 N–H and O–H groups in total. The minimum atomic E-state index is -1.21. The van der Waals surface area contributed by atoms with Crippen molar-refractivity contribution in [3.05, 3.63) is 35.6 Å². The van der Waals surface area contributed by atoms with Crippen LogP contribution >= 0.6 is 12.4 Å². The Hall–Kier alpha value is -1.21. The zero-order valence-corrected chi connectivity index (χ0v) is 10.9. The average Bonchev–Trinajstić information content (AvgIpc) is 2.36. The van der Waals surface area contributed by atoms with Crippen LogP contribution in [0.15, 0.2) is 24.3 Å². The van der Waals surface area contributed by atoms with Gasteiger partial charge in [-0.25, -0.2) is 9.45 Å². The fraction of sp³-hybridized carbons (Fsp3) is 0.364. The predicted molar refractivity (Wildman–Crippen MR) is 66.4 cm³/mol. The number of rotatable bonds is 4. The first-order chi connectivity index (χ1) is 7.97. The molecule has 0 bridgehead atoms. The Balaban J connectivity index is 0.00000289. The molecule has 1 rings (SSSR count). The van der Waals surface area contributed by atoms with Crippen molar-refractivity contribution in [1.29, 1.82) is 0 Å². The third-order valence-electron chi connectivity index (χ3n) is 2.42. The number of likely N-dealkylation sites (N-methyl/N-ethyl adjacent to an activating group) is 1. The van der Waals surface area contributed by atoms with Crippen molar-refractivity contribution in [2.75, 3.05) is 14.2 Å². The largest absolute Gasteiger partial charge is 0.386 e. The van der Waals surface area contributed by atoms with E-state index in [1.54, 1.807) is 0 Å².